The smallest absolute Gasteiger partial charge is 0.457 e. The van der Waals surface area contributed by atoms with Gasteiger partial charge in [-0.25, -0.2) is 4.57 Å². The standard InChI is InChI=1S/C17H36NO7P/c1-3-5-6-7-8-9-10-12-22-14-16(25-17(19)4-2)15-24-26(20,21)23-13-11-18/h16H,3-15,18H2,1-2H3,(H,20,21). The molecule has 0 fully saturated rings. The molecule has 0 saturated carbocycles. The Balaban J connectivity index is 4.04. The lowest BCUT2D eigenvalue weighted by Crippen LogP contribution is -2.28. The topological polar surface area (TPSA) is 117 Å². The number of ether oxygens (including phenoxy) is 2. The molecule has 0 aliphatic rings. The predicted octanol–water partition coefficient (Wildman–Crippen LogP) is 3.17. The van der Waals surface area contributed by atoms with Gasteiger partial charge in [0.05, 0.1) is 19.8 Å². The highest BCUT2D eigenvalue weighted by Crippen LogP contribution is 2.43. The van der Waals surface area contributed by atoms with Crippen LogP contribution in [0, 0.1) is 0 Å². The molecule has 0 amide bonds. The predicted molar refractivity (Wildman–Crippen MR) is 99.8 cm³/mol. The van der Waals surface area contributed by atoms with Crippen molar-refractivity contribution in [3.63, 3.8) is 0 Å². The van der Waals surface area contributed by atoms with Crippen LogP contribution in [0.1, 0.15) is 65.2 Å². The molecule has 3 N–H and O–H groups in total. The van der Waals surface area contributed by atoms with Gasteiger partial charge in [0.2, 0.25) is 0 Å². The fourth-order valence-electron chi connectivity index (χ4n) is 2.14. The van der Waals surface area contributed by atoms with Gasteiger partial charge in [0, 0.05) is 19.6 Å². The maximum atomic E-state index is 11.6. The van der Waals surface area contributed by atoms with Crippen molar-refractivity contribution in [1.82, 2.24) is 0 Å². The molecule has 0 radical (unpaired) electrons. The first kappa shape index (κ1) is 25.5. The van der Waals surface area contributed by atoms with E-state index in [1.807, 2.05) is 0 Å². The number of carbonyl (C=O) groups is 1. The summed E-state index contributed by atoms with van der Waals surface area (Å²) in [4.78, 5) is 21.0. The van der Waals surface area contributed by atoms with E-state index in [0.717, 1.165) is 12.8 Å². The van der Waals surface area contributed by atoms with Crippen molar-refractivity contribution in [3.05, 3.63) is 0 Å². The highest BCUT2D eigenvalue weighted by Gasteiger charge is 2.24. The fraction of sp³-hybridized carbons (Fsp3) is 0.941. The van der Waals surface area contributed by atoms with Gasteiger partial charge in [0.25, 0.3) is 0 Å². The zero-order valence-corrected chi connectivity index (χ0v) is 17.1. The zero-order valence-electron chi connectivity index (χ0n) is 16.2. The molecule has 9 heteroatoms. The molecule has 2 atom stereocenters. The lowest BCUT2D eigenvalue weighted by atomic mass is 10.1. The molecule has 8 nitrogen and oxygen atoms in total. The quantitative estimate of drug-likeness (QED) is 0.206. The Morgan fingerprint density at radius 2 is 1.65 bits per heavy atom. The van der Waals surface area contributed by atoms with Crippen LogP contribution in [0.15, 0.2) is 0 Å². The first-order valence-electron chi connectivity index (χ1n) is 9.54. The van der Waals surface area contributed by atoms with Crippen LogP contribution < -0.4 is 5.73 Å². The largest absolute Gasteiger partial charge is 0.472 e. The third kappa shape index (κ3) is 15.7. The lowest BCUT2D eigenvalue weighted by molar-refractivity contribution is -0.154. The van der Waals surface area contributed by atoms with E-state index in [4.69, 9.17) is 19.7 Å². The summed E-state index contributed by atoms with van der Waals surface area (Å²) in [7, 11) is -4.21. The van der Waals surface area contributed by atoms with Crippen molar-refractivity contribution in [2.75, 3.05) is 33.0 Å². The van der Waals surface area contributed by atoms with Crippen LogP contribution in [0.2, 0.25) is 0 Å². The van der Waals surface area contributed by atoms with Gasteiger partial charge in [-0.2, -0.15) is 0 Å². The molecule has 0 aromatic rings. The van der Waals surface area contributed by atoms with Gasteiger partial charge >= 0.3 is 13.8 Å². The number of carbonyl (C=O) groups excluding carboxylic acids is 1. The summed E-state index contributed by atoms with van der Waals surface area (Å²) in [5, 5.41) is 0. The van der Waals surface area contributed by atoms with Gasteiger partial charge in [-0.05, 0) is 6.42 Å². The average molecular weight is 397 g/mol. The van der Waals surface area contributed by atoms with E-state index in [-0.39, 0.29) is 32.8 Å². The minimum Gasteiger partial charge on any atom is -0.457 e. The molecule has 156 valence electrons. The van der Waals surface area contributed by atoms with Crippen molar-refractivity contribution < 1.29 is 32.8 Å². The minimum atomic E-state index is -4.21. The third-order valence-electron chi connectivity index (χ3n) is 3.58. The number of hydrogen-bond acceptors (Lipinski definition) is 7. The molecule has 2 unspecified atom stereocenters. The Kier molecular flexibility index (Phi) is 16.3. The van der Waals surface area contributed by atoms with Crippen LogP contribution in [0.5, 0.6) is 0 Å². The molecule has 0 aromatic heterocycles. The third-order valence-corrected chi connectivity index (χ3v) is 4.56. The van der Waals surface area contributed by atoms with Gasteiger partial charge in [-0.15, -0.1) is 0 Å². The number of unbranched alkanes of at least 4 members (excludes halogenated alkanes) is 6. The van der Waals surface area contributed by atoms with E-state index < -0.39 is 19.9 Å². The van der Waals surface area contributed by atoms with Gasteiger partial charge in [0.1, 0.15) is 6.10 Å². The Hall–Kier alpha value is -0.500. The van der Waals surface area contributed by atoms with E-state index in [0.29, 0.717) is 6.61 Å². The van der Waals surface area contributed by atoms with Crippen LogP contribution in [-0.2, 0) is 27.9 Å². The summed E-state index contributed by atoms with van der Waals surface area (Å²) in [6.45, 7) is 4.25. The summed E-state index contributed by atoms with van der Waals surface area (Å²) < 4.78 is 31.8. The number of hydrogen-bond donors (Lipinski definition) is 2. The SMILES string of the molecule is CCCCCCCCCOCC(COP(=O)(O)OCCN)OC(=O)CC. The normalized spacial score (nSPS) is 14.8. The molecule has 0 aliphatic heterocycles. The van der Waals surface area contributed by atoms with Crippen molar-refractivity contribution >= 4 is 13.8 Å². The molecule has 0 heterocycles. The molecule has 0 saturated heterocycles. The summed E-state index contributed by atoms with van der Waals surface area (Å²) in [6, 6.07) is 0. The highest BCUT2D eigenvalue weighted by molar-refractivity contribution is 7.47. The summed E-state index contributed by atoms with van der Waals surface area (Å²) in [5.41, 5.74) is 5.21. The van der Waals surface area contributed by atoms with Gasteiger partial charge in [-0.1, -0.05) is 52.4 Å². The van der Waals surface area contributed by atoms with Gasteiger partial charge < -0.3 is 20.1 Å². The van der Waals surface area contributed by atoms with E-state index in [9.17, 15) is 14.3 Å². The number of nitrogens with two attached hydrogens (primary N) is 1. The van der Waals surface area contributed by atoms with Crippen molar-refractivity contribution in [2.24, 2.45) is 5.73 Å². The molecular formula is C17H36NO7P. The maximum absolute atomic E-state index is 11.6. The molecule has 26 heavy (non-hydrogen) atoms. The molecule has 0 aliphatic carbocycles. The van der Waals surface area contributed by atoms with Gasteiger partial charge in [0.15, 0.2) is 0 Å². The second-order valence-corrected chi connectivity index (χ2v) is 7.50. The monoisotopic (exact) mass is 397 g/mol. The zero-order chi connectivity index (χ0) is 19.7. The lowest BCUT2D eigenvalue weighted by Gasteiger charge is -2.19. The number of phosphoric ester groups is 1. The number of rotatable bonds is 18. The molecule has 0 spiro atoms. The second-order valence-electron chi connectivity index (χ2n) is 6.05. The van der Waals surface area contributed by atoms with E-state index in [1.165, 1.54) is 32.1 Å². The average Bonchev–Trinajstić information content (AvgIpc) is 2.62. The van der Waals surface area contributed by atoms with Gasteiger partial charge in [-0.3, -0.25) is 13.8 Å². The minimum absolute atomic E-state index is 0.0953. The van der Waals surface area contributed by atoms with Crippen LogP contribution in [0.4, 0.5) is 0 Å². The van der Waals surface area contributed by atoms with Crippen molar-refractivity contribution in [2.45, 2.75) is 71.3 Å². The summed E-state index contributed by atoms with van der Waals surface area (Å²) in [5.74, 6) is -0.422. The van der Waals surface area contributed by atoms with E-state index >= 15 is 0 Å². The van der Waals surface area contributed by atoms with Crippen LogP contribution in [0.3, 0.4) is 0 Å². The number of phosphoric acid groups is 1. The van der Waals surface area contributed by atoms with Crippen LogP contribution >= 0.6 is 7.82 Å². The highest BCUT2D eigenvalue weighted by atomic mass is 31.2. The van der Waals surface area contributed by atoms with E-state index in [1.54, 1.807) is 6.92 Å². The van der Waals surface area contributed by atoms with E-state index in [2.05, 4.69) is 11.4 Å². The Morgan fingerprint density at radius 1 is 1.00 bits per heavy atom. The first-order chi connectivity index (χ1) is 12.4. The molecular weight excluding hydrogens is 361 g/mol. The van der Waals surface area contributed by atoms with Crippen molar-refractivity contribution in [1.29, 1.82) is 0 Å². The Labute approximate surface area is 157 Å². The Morgan fingerprint density at radius 3 is 2.27 bits per heavy atom. The van der Waals surface area contributed by atoms with Crippen LogP contribution in [0.25, 0.3) is 0 Å². The first-order valence-corrected chi connectivity index (χ1v) is 11.0. The second kappa shape index (κ2) is 16.7. The van der Waals surface area contributed by atoms with Crippen molar-refractivity contribution in [3.8, 4) is 0 Å². The van der Waals surface area contributed by atoms with Crippen LogP contribution in [-0.4, -0.2) is 49.9 Å². The fourth-order valence-corrected chi connectivity index (χ4v) is 2.91. The molecule has 0 bridgehead atoms. The Bertz CT molecular complexity index is 395. The molecule has 0 aromatic carbocycles. The summed E-state index contributed by atoms with van der Waals surface area (Å²) in [6.07, 6.45) is 7.70. The summed E-state index contributed by atoms with van der Waals surface area (Å²) >= 11 is 0. The maximum Gasteiger partial charge on any atom is 0.472 e. The molecule has 0 rings (SSSR count). The number of esters is 1.